The van der Waals surface area contributed by atoms with Crippen molar-refractivity contribution < 1.29 is 9.53 Å². The summed E-state index contributed by atoms with van der Waals surface area (Å²) in [5.41, 5.74) is 3.20. The van der Waals surface area contributed by atoms with Crippen LogP contribution in [0.1, 0.15) is 61.4 Å². The lowest BCUT2D eigenvalue weighted by molar-refractivity contribution is 0.0677. The van der Waals surface area contributed by atoms with Crippen LogP contribution >= 0.6 is 0 Å². The maximum Gasteiger partial charge on any atom is 0.410 e. The van der Waals surface area contributed by atoms with Crippen molar-refractivity contribution in [3.05, 3.63) is 59.3 Å². The first-order valence-electron chi connectivity index (χ1n) is 10.9. The third-order valence-electron chi connectivity index (χ3n) is 6.09. The molecule has 2 aliphatic heterocycles. The minimum Gasteiger partial charge on any atom is -0.445 e. The van der Waals surface area contributed by atoms with Gasteiger partial charge >= 0.3 is 6.09 Å². The zero-order chi connectivity index (χ0) is 20.1. The minimum absolute atomic E-state index is 0.0509. The summed E-state index contributed by atoms with van der Waals surface area (Å²) < 4.78 is 5.64. The normalized spacial score (nSPS) is 19.8. The third kappa shape index (κ3) is 4.72. The number of anilines is 1. The van der Waals surface area contributed by atoms with E-state index in [1.165, 1.54) is 19.3 Å². The fourth-order valence-electron chi connectivity index (χ4n) is 4.49. The number of nitrogens with zero attached hydrogens (tertiary/aromatic N) is 3. The number of benzene rings is 1. The van der Waals surface area contributed by atoms with Crippen LogP contribution in [-0.4, -0.2) is 35.6 Å². The Kier molecular flexibility index (Phi) is 6.33. The first kappa shape index (κ1) is 19.7. The molecule has 0 N–H and O–H groups in total. The summed E-state index contributed by atoms with van der Waals surface area (Å²) in [6.07, 6.45) is 6.69. The van der Waals surface area contributed by atoms with Gasteiger partial charge in [0, 0.05) is 25.3 Å². The topological polar surface area (TPSA) is 45.7 Å². The van der Waals surface area contributed by atoms with Crippen LogP contribution < -0.4 is 4.90 Å². The summed E-state index contributed by atoms with van der Waals surface area (Å²) in [7, 11) is 0. The molecular formula is C24H31N3O2. The highest BCUT2D eigenvalue weighted by Gasteiger charge is 2.30. The van der Waals surface area contributed by atoms with Crippen LogP contribution in [-0.2, 0) is 11.3 Å². The van der Waals surface area contributed by atoms with Gasteiger partial charge in [-0.1, -0.05) is 36.4 Å². The first-order chi connectivity index (χ1) is 14.2. The van der Waals surface area contributed by atoms with Crippen molar-refractivity contribution in [1.29, 1.82) is 0 Å². The van der Waals surface area contributed by atoms with Crippen molar-refractivity contribution in [1.82, 2.24) is 9.88 Å². The fraction of sp³-hybridized carbons (Fsp3) is 0.500. The van der Waals surface area contributed by atoms with Crippen LogP contribution in [0.2, 0.25) is 0 Å². The number of carbonyl (C=O) groups excluding carboxylic acids is 1. The third-order valence-corrected chi connectivity index (χ3v) is 6.09. The van der Waals surface area contributed by atoms with E-state index in [4.69, 9.17) is 9.72 Å². The Labute approximate surface area is 173 Å². The Bertz CT molecular complexity index is 818. The molecule has 154 valence electrons. The lowest BCUT2D eigenvalue weighted by atomic mass is 9.94. The number of likely N-dealkylation sites (tertiary alicyclic amines) is 1. The molecule has 5 heteroatoms. The highest BCUT2D eigenvalue weighted by molar-refractivity contribution is 5.68. The molecule has 0 bridgehead atoms. The molecule has 0 saturated carbocycles. The number of aromatic nitrogens is 1. The average molecular weight is 394 g/mol. The molecule has 0 radical (unpaired) electrons. The second-order valence-corrected chi connectivity index (χ2v) is 8.14. The van der Waals surface area contributed by atoms with Gasteiger partial charge in [-0.15, -0.1) is 0 Å². The molecule has 1 aromatic heterocycles. The second kappa shape index (κ2) is 9.29. The average Bonchev–Trinajstić information content (AvgIpc) is 2.79. The Morgan fingerprint density at radius 3 is 2.52 bits per heavy atom. The van der Waals surface area contributed by atoms with E-state index in [0.717, 1.165) is 61.5 Å². The molecule has 1 atom stereocenters. The van der Waals surface area contributed by atoms with Crippen LogP contribution in [0.5, 0.6) is 0 Å². The lowest BCUT2D eigenvalue weighted by Crippen LogP contribution is -2.39. The maximum absolute atomic E-state index is 12.9. The van der Waals surface area contributed by atoms with E-state index >= 15 is 0 Å². The number of hydrogen-bond acceptors (Lipinski definition) is 4. The predicted molar refractivity (Wildman–Crippen MR) is 115 cm³/mol. The molecule has 2 saturated heterocycles. The van der Waals surface area contributed by atoms with Crippen molar-refractivity contribution in [3.63, 3.8) is 0 Å². The maximum atomic E-state index is 12.9. The van der Waals surface area contributed by atoms with Gasteiger partial charge < -0.3 is 14.5 Å². The van der Waals surface area contributed by atoms with E-state index in [0.29, 0.717) is 6.61 Å². The molecule has 3 heterocycles. The van der Waals surface area contributed by atoms with Gasteiger partial charge in [0.2, 0.25) is 0 Å². The van der Waals surface area contributed by atoms with Gasteiger partial charge in [-0.25, -0.2) is 9.78 Å². The van der Waals surface area contributed by atoms with Gasteiger partial charge in [-0.3, -0.25) is 0 Å². The highest BCUT2D eigenvalue weighted by atomic mass is 16.6. The molecule has 4 rings (SSSR count). The molecular weight excluding hydrogens is 362 g/mol. The summed E-state index contributed by atoms with van der Waals surface area (Å²) in [4.78, 5) is 22.0. The van der Waals surface area contributed by atoms with Crippen molar-refractivity contribution in [2.75, 3.05) is 24.5 Å². The van der Waals surface area contributed by atoms with Gasteiger partial charge in [0.15, 0.2) is 0 Å². The van der Waals surface area contributed by atoms with Gasteiger partial charge in [0.05, 0.1) is 6.04 Å². The molecule has 29 heavy (non-hydrogen) atoms. The fourth-order valence-corrected chi connectivity index (χ4v) is 4.49. The van der Waals surface area contributed by atoms with Crippen molar-refractivity contribution >= 4 is 11.9 Å². The summed E-state index contributed by atoms with van der Waals surface area (Å²) in [6.45, 7) is 5.31. The molecule has 1 aromatic carbocycles. The summed E-state index contributed by atoms with van der Waals surface area (Å²) >= 11 is 0. The number of carbonyl (C=O) groups is 1. The first-order valence-corrected chi connectivity index (χ1v) is 10.9. The van der Waals surface area contributed by atoms with Gasteiger partial charge in [-0.2, -0.15) is 0 Å². The van der Waals surface area contributed by atoms with Crippen LogP contribution in [0.25, 0.3) is 0 Å². The van der Waals surface area contributed by atoms with Crippen LogP contribution in [0, 0.1) is 6.92 Å². The van der Waals surface area contributed by atoms with Gasteiger partial charge in [0.1, 0.15) is 12.4 Å². The van der Waals surface area contributed by atoms with Crippen molar-refractivity contribution in [2.24, 2.45) is 0 Å². The molecule has 0 aliphatic carbocycles. The number of pyridine rings is 1. The number of piperidine rings is 2. The van der Waals surface area contributed by atoms with Gasteiger partial charge in [-0.05, 0) is 62.6 Å². The van der Waals surface area contributed by atoms with E-state index in [-0.39, 0.29) is 12.1 Å². The quantitative estimate of drug-likeness (QED) is 0.712. The largest absolute Gasteiger partial charge is 0.445 e. The second-order valence-electron chi connectivity index (χ2n) is 8.14. The van der Waals surface area contributed by atoms with Crippen LogP contribution in [0.4, 0.5) is 10.6 Å². The van der Waals surface area contributed by atoms with Crippen molar-refractivity contribution in [2.45, 2.75) is 58.1 Å². The number of rotatable bonds is 4. The molecule has 1 amide bonds. The zero-order valence-electron chi connectivity index (χ0n) is 17.3. The van der Waals surface area contributed by atoms with E-state index in [2.05, 4.69) is 24.0 Å². The monoisotopic (exact) mass is 393 g/mol. The molecule has 0 unspecified atom stereocenters. The standard InChI is InChI=1S/C24H31N3O2/c1-19-21(13-14-23(25-19)26-15-7-3-8-16-26)22-12-6-9-17-27(22)24(28)29-18-20-10-4-2-5-11-20/h2,4-5,10-11,13-14,22H,3,6-9,12,15-18H2,1H3/t22-/m0/s1. The summed E-state index contributed by atoms with van der Waals surface area (Å²) in [6, 6.07) is 14.2. The number of aryl methyl sites for hydroxylation is 1. The Balaban J connectivity index is 1.47. The van der Waals surface area contributed by atoms with Crippen LogP contribution in [0.3, 0.4) is 0 Å². The molecule has 2 aromatic rings. The lowest BCUT2D eigenvalue weighted by Gasteiger charge is -2.36. The van der Waals surface area contributed by atoms with E-state index in [1.807, 2.05) is 35.2 Å². The Hall–Kier alpha value is -2.56. The van der Waals surface area contributed by atoms with Crippen LogP contribution in [0.15, 0.2) is 42.5 Å². The molecule has 0 spiro atoms. The van der Waals surface area contributed by atoms with E-state index in [1.54, 1.807) is 0 Å². The predicted octanol–water partition coefficient (Wildman–Crippen LogP) is 5.24. The number of ether oxygens (including phenoxy) is 1. The van der Waals surface area contributed by atoms with Gasteiger partial charge in [0.25, 0.3) is 0 Å². The summed E-state index contributed by atoms with van der Waals surface area (Å²) in [5, 5.41) is 0. The Morgan fingerprint density at radius 2 is 1.76 bits per heavy atom. The molecule has 2 aliphatic rings. The smallest absolute Gasteiger partial charge is 0.410 e. The van der Waals surface area contributed by atoms with E-state index in [9.17, 15) is 4.79 Å². The SMILES string of the molecule is Cc1nc(N2CCCCC2)ccc1[C@@H]1CCCCN1C(=O)OCc1ccccc1. The highest BCUT2D eigenvalue weighted by Crippen LogP contribution is 2.34. The minimum atomic E-state index is -0.224. The zero-order valence-corrected chi connectivity index (χ0v) is 17.3. The molecule has 5 nitrogen and oxygen atoms in total. The summed E-state index contributed by atoms with van der Waals surface area (Å²) in [5.74, 6) is 1.07. The Morgan fingerprint density at radius 1 is 1.00 bits per heavy atom. The van der Waals surface area contributed by atoms with Crippen molar-refractivity contribution in [3.8, 4) is 0 Å². The van der Waals surface area contributed by atoms with E-state index < -0.39 is 0 Å². The number of amides is 1. The molecule has 2 fully saturated rings. The number of hydrogen-bond donors (Lipinski definition) is 0.